The first-order valence-electron chi connectivity index (χ1n) is 9.47. The van der Waals surface area contributed by atoms with Gasteiger partial charge in [0.25, 0.3) is 5.91 Å². The molecule has 1 fully saturated rings. The van der Waals surface area contributed by atoms with Gasteiger partial charge in [0.1, 0.15) is 0 Å². The molecule has 1 aliphatic carbocycles. The Morgan fingerprint density at radius 3 is 2.78 bits per heavy atom. The van der Waals surface area contributed by atoms with Gasteiger partial charge in [-0.3, -0.25) is 4.79 Å². The Morgan fingerprint density at radius 1 is 1.30 bits per heavy atom. The van der Waals surface area contributed by atoms with E-state index in [0.29, 0.717) is 18.0 Å². The Morgan fingerprint density at radius 2 is 2.07 bits per heavy atom. The Labute approximate surface area is 163 Å². The van der Waals surface area contributed by atoms with E-state index in [1.54, 1.807) is 18.0 Å². The maximum Gasteiger partial charge on any atom is 0.252 e. The van der Waals surface area contributed by atoms with Crippen molar-refractivity contribution in [3.8, 4) is 0 Å². The van der Waals surface area contributed by atoms with E-state index in [-0.39, 0.29) is 11.9 Å². The van der Waals surface area contributed by atoms with Gasteiger partial charge in [0.15, 0.2) is 5.65 Å². The van der Waals surface area contributed by atoms with Crippen LogP contribution in [-0.4, -0.2) is 33.0 Å². The van der Waals surface area contributed by atoms with Crippen LogP contribution in [0.15, 0.2) is 47.5 Å². The topological polar surface area (TPSA) is 59.8 Å². The standard InChI is InChI=1S/C21H24N4OS/c1-14(2)25-20-18(13-23-25)17(12-19(24-20)15-8-9-15)21(26)22-10-11-27-16-6-4-3-5-7-16/h3-7,12-15H,8-11H2,1-2H3,(H,22,26). The predicted molar refractivity (Wildman–Crippen MR) is 109 cm³/mol. The van der Waals surface area contributed by atoms with E-state index < -0.39 is 0 Å². The van der Waals surface area contributed by atoms with Gasteiger partial charge in [-0.25, -0.2) is 9.67 Å². The summed E-state index contributed by atoms with van der Waals surface area (Å²) in [5, 5.41) is 8.36. The number of hydrogen-bond acceptors (Lipinski definition) is 4. The molecule has 1 N–H and O–H groups in total. The molecule has 4 rings (SSSR count). The molecule has 2 aromatic heterocycles. The first-order valence-corrected chi connectivity index (χ1v) is 10.5. The lowest BCUT2D eigenvalue weighted by Gasteiger charge is -2.10. The number of pyridine rings is 1. The quantitative estimate of drug-likeness (QED) is 0.487. The van der Waals surface area contributed by atoms with Gasteiger partial charge < -0.3 is 5.32 Å². The van der Waals surface area contributed by atoms with Crippen LogP contribution >= 0.6 is 11.8 Å². The summed E-state index contributed by atoms with van der Waals surface area (Å²) in [5.41, 5.74) is 2.53. The molecule has 1 aliphatic rings. The minimum atomic E-state index is -0.0405. The lowest BCUT2D eigenvalue weighted by Crippen LogP contribution is -2.26. The van der Waals surface area contributed by atoms with Crippen molar-refractivity contribution in [2.75, 3.05) is 12.3 Å². The maximum absolute atomic E-state index is 12.9. The van der Waals surface area contributed by atoms with E-state index >= 15 is 0 Å². The summed E-state index contributed by atoms with van der Waals surface area (Å²) in [6.07, 6.45) is 4.08. The molecule has 27 heavy (non-hydrogen) atoms. The lowest BCUT2D eigenvalue weighted by atomic mass is 10.1. The van der Waals surface area contributed by atoms with Crippen LogP contribution in [0, 0.1) is 0 Å². The SMILES string of the molecule is CC(C)n1ncc2c(C(=O)NCCSc3ccccc3)cc(C3CC3)nc21. The van der Waals surface area contributed by atoms with Gasteiger partial charge in [-0.1, -0.05) is 18.2 Å². The van der Waals surface area contributed by atoms with E-state index in [4.69, 9.17) is 4.98 Å². The number of fused-ring (bicyclic) bond motifs is 1. The van der Waals surface area contributed by atoms with Gasteiger partial charge in [0.05, 0.1) is 17.1 Å². The van der Waals surface area contributed by atoms with Gasteiger partial charge in [0.2, 0.25) is 0 Å². The van der Waals surface area contributed by atoms with Crippen molar-refractivity contribution in [3.05, 3.63) is 53.9 Å². The summed E-state index contributed by atoms with van der Waals surface area (Å²) in [6, 6.07) is 12.4. The number of nitrogens with one attached hydrogen (secondary N) is 1. The number of hydrogen-bond donors (Lipinski definition) is 1. The van der Waals surface area contributed by atoms with Crippen molar-refractivity contribution in [3.63, 3.8) is 0 Å². The molecular formula is C21H24N4OS. The Bertz CT molecular complexity index is 947. The van der Waals surface area contributed by atoms with Crippen molar-refractivity contribution in [2.24, 2.45) is 0 Å². The molecule has 6 heteroatoms. The highest BCUT2D eigenvalue weighted by atomic mass is 32.2. The third-order valence-electron chi connectivity index (χ3n) is 4.72. The molecule has 0 spiro atoms. The fourth-order valence-electron chi connectivity index (χ4n) is 3.14. The van der Waals surface area contributed by atoms with Crippen molar-refractivity contribution < 1.29 is 4.79 Å². The van der Waals surface area contributed by atoms with Crippen molar-refractivity contribution >= 4 is 28.7 Å². The van der Waals surface area contributed by atoms with Gasteiger partial charge in [0, 0.05) is 34.8 Å². The van der Waals surface area contributed by atoms with Crippen LogP contribution in [-0.2, 0) is 0 Å². The van der Waals surface area contributed by atoms with Crippen molar-refractivity contribution in [2.45, 2.75) is 43.5 Å². The largest absolute Gasteiger partial charge is 0.351 e. The van der Waals surface area contributed by atoms with Crippen LogP contribution in [0.25, 0.3) is 11.0 Å². The molecule has 140 valence electrons. The molecule has 5 nitrogen and oxygen atoms in total. The second kappa shape index (κ2) is 7.72. The number of carbonyl (C=O) groups is 1. The van der Waals surface area contributed by atoms with Crippen LogP contribution in [0.3, 0.4) is 0 Å². The van der Waals surface area contributed by atoms with E-state index in [0.717, 1.165) is 35.3 Å². The highest BCUT2D eigenvalue weighted by molar-refractivity contribution is 7.99. The average molecular weight is 381 g/mol. The molecule has 1 amide bonds. The first-order chi connectivity index (χ1) is 13.1. The molecule has 0 radical (unpaired) electrons. The minimum absolute atomic E-state index is 0.0405. The van der Waals surface area contributed by atoms with Crippen molar-refractivity contribution in [1.29, 1.82) is 0 Å². The molecule has 3 aromatic rings. The van der Waals surface area contributed by atoms with Crippen LogP contribution in [0.1, 0.15) is 54.7 Å². The number of aromatic nitrogens is 3. The monoisotopic (exact) mass is 380 g/mol. The molecule has 1 aromatic carbocycles. The molecular weight excluding hydrogens is 356 g/mol. The van der Waals surface area contributed by atoms with E-state index in [2.05, 4.69) is 36.4 Å². The third kappa shape index (κ3) is 4.00. The molecule has 0 saturated heterocycles. The zero-order valence-corrected chi connectivity index (χ0v) is 16.5. The van der Waals surface area contributed by atoms with Crippen LogP contribution in [0.2, 0.25) is 0 Å². The first kappa shape index (κ1) is 18.0. The second-order valence-electron chi connectivity index (χ2n) is 7.21. The second-order valence-corrected chi connectivity index (χ2v) is 8.37. The Balaban J connectivity index is 1.50. The normalized spacial score (nSPS) is 14.0. The summed E-state index contributed by atoms with van der Waals surface area (Å²) in [5.74, 6) is 1.29. The highest BCUT2D eigenvalue weighted by Gasteiger charge is 2.28. The number of rotatable bonds is 7. The van der Waals surface area contributed by atoms with Gasteiger partial charge >= 0.3 is 0 Å². The Hall–Kier alpha value is -2.34. The summed E-state index contributed by atoms with van der Waals surface area (Å²) < 4.78 is 1.91. The number of amides is 1. The fourth-order valence-corrected chi connectivity index (χ4v) is 3.93. The highest BCUT2D eigenvalue weighted by Crippen LogP contribution is 2.40. The summed E-state index contributed by atoms with van der Waals surface area (Å²) >= 11 is 1.74. The zero-order valence-electron chi connectivity index (χ0n) is 15.7. The molecule has 0 aliphatic heterocycles. The average Bonchev–Trinajstić information content (AvgIpc) is 3.44. The Kier molecular flexibility index (Phi) is 5.16. The summed E-state index contributed by atoms with van der Waals surface area (Å²) in [6.45, 7) is 4.79. The predicted octanol–water partition coefficient (Wildman–Crippen LogP) is 4.41. The number of carbonyl (C=O) groups excluding carboxylic acids is 1. The minimum Gasteiger partial charge on any atom is -0.351 e. The molecule has 0 bridgehead atoms. The molecule has 1 saturated carbocycles. The van der Waals surface area contributed by atoms with Crippen LogP contribution in [0.4, 0.5) is 0 Å². The van der Waals surface area contributed by atoms with E-state index in [9.17, 15) is 4.79 Å². The molecule has 0 unspecified atom stereocenters. The van der Waals surface area contributed by atoms with Crippen LogP contribution in [0.5, 0.6) is 0 Å². The molecule has 0 atom stereocenters. The third-order valence-corrected chi connectivity index (χ3v) is 5.73. The van der Waals surface area contributed by atoms with Crippen LogP contribution < -0.4 is 5.32 Å². The van der Waals surface area contributed by atoms with Gasteiger partial charge in [-0.15, -0.1) is 11.8 Å². The zero-order chi connectivity index (χ0) is 18.8. The molecule has 2 heterocycles. The maximum atomic E-state index is 12.9. The number of thioether (sulfide) groups is 1. The lowest BCUT2D eigenvalue weighted by molar-refractivity contribution is 0.0957. The van der Waals surface area contributed by atoms with Crippen molar-refractivity contribution in [1.82, 2.24) is 20.1 Å². The summed E-state index contributed by atoms with van der Waals surface area (Å²) in [4.78, 5) is 18.9. The number of nitrogens with zero attached hydrogens (tertiary/aromatic N) is 3. The summed E-state index contributed by atoms with van der Waals surface area (Å²) in [7, 11) is 0. The van der Waals surface area contributed by atoms with E-state index in [1.165, 1.54) is 4.90 Å². The van der Waals surface area contributed by atoms with E-state index in [1.807, 2.05) is 28.9 Å². The van der Waals surface area contributed by atoms with Gasteiger partial charge in [-0.2, -0.15) is 5.10 Å². The fraction of sp³-hybridized carbons (Fsp3) is 0.381. The van der Waals surface area contributed by atoms with Gasteiger partial charge in [-0.05, 0) is 44.9 Å². The smallest absolute Gasteiger partial charge is 0.252 e. The number of benzene rings is 1.